The summed E-state index contributed by atoms with van der Waals surface area (Å²) in [5.74, 6) is -0.422. The molecule has 1 atom stereocenters. The zero-order valence-electron chi connectivity index (χ0n) is 11.7. The maximum atomic E-state index is 11.6. The third kappa shape index (κ3) is 2.56. The molecule has 0 bridgehead atoms. The lowest BCUT2D eigenvalue weighted by atomic mass is 9.93. The molecule has 1 aliphatic rings. The van der Waals surface area contributed by atoms with Crippen molar-refractivity contribution in [3.05, 3.63) is 58.1 Å². The lowest BCUT2D eigenvalue weighted by molar-refractivity contribution is 0.0696. The van der Waals surface area contributed by atoms with Gasteiger partial charge in [0.05, 0.1) is 11.3 Å². The maximum Gasteiger partial charge on any atom is 0.338 e. The van der Waals surface area contributed by atoms with Crippen molar-refractivity contribution in [2.45, 2.75) is 13.3 Å². The molecule has 0 amide bonds. The molecule has 1 N–H and O–H groups in total. The van der Waals surface area contributed by atoms with Crippen molar-refractivity contribution in [3.8, 4) is 0 Å². The van der Waals surface area contributed by atoms with E-state index in [0.29, 0.717) is 16.0 Å². The van der Waals surface area contributed by atoms with E-state index in [0.717, 1.165) is 24.3 Å². The highest BCUT2D eigenvalue weighted by atomic mass is 79.9. The van der Waals surface area contributed by atoms with Crippen LogP contribution in [0.15, 0.2) is 46.9 Å². The lowest BCUT2D eigenvalue weighted by Gasteiger charge is -2.35. The Morgan fingerprint density at radius 2 is 1.90 bits per heavy atom. The lowest BCUT2D eigenvalue weighted by Crippen LogP contribution is -2.31. The average Bonchev–Trinajstić information content (AvgIpc) is 2.45. The van der Waals surface area contributed by atoms with E-state index in [1.165, 1.54) is 5.56 Å². The summed E-state index contributed by atoms with van der Waals surface area (Å²) in [6.07, 6.45) is 1.03. The van der Waals surface area contributed by atoms with Gasteiger partial charge in [0.25, 0.3) is 0 Å². The number of rotatable bonds is 2. The van der Waals surface area contributed by atoms with Crippen molar-refractivity contribution in [1.82, 2.24) is 0 Å². The fourth-order valence-corrected chi connectivity index (χ4v) is 3.50. The van der Waals surface area contributed by atoms with Gasteiger partial charge in [-0.15, -0.1) is 0 Å². The zero-order chi connectivity index (χ0) is 15.0. The molecule has 0 aromatic heterocycles. The fraction of sp³-hybridized carbons (Fsp3) is 0.235. The number of fused-ring (bicyclic) bond motifs is 1. The quantitative estimate of drug-likeness (QED) is 0.872. The molecular weight excluding hydrogens is 330 g/mol. The van der Waals surface area contributed by atoms with E-state index in [1.807, 2.05) is 24.3 Å². The highest BCUT2D eigenvalue weighted by Crippen LogP contribution is 2.38. The molecule has 1 aliphatic heterocycles. The van der Waals surface area contributed by atoms with Gasteiger partial charge in [0, 0.05) is 16.7 Å². The molecule has 0 radical (unpaired) electrons. The summed E-state index contributed by atoms with van der Waals surface area (Å²) >= 11 is 3.36. The van der Waals surface area contributed by atoms with Crippen LogP contribution in [0.1, 0.15) is 22.8 Å². The molecular formula is C17H16BrNO2. The van der Waals surface area contributed by atoms with Gasteiger partial charge in [0.2, 0.25) is 0 Å². The Hall–Kier alpha value is -1.81. The Kier molecular flexibility index (Phi) is 3.72. The number of carboxylic acids is 1. The van der Waals surface area contributed by atoms with Crippen LogP contribution in [-0.4, -0.2) is 17.6 Å². The van der Waals surface area contributed by atoms with E-state index >= 15 is 0 Å². The molecule has 108 valence electrons. The van der Waals surface area contributed by atoms with E-state index in [9.17, 15) is 9.90 Å². The molecule has 21 heavy (non-hydrogen) atoms. The summed E-state index contributed by atoms with van der Waals surface area (Å²) in [5.41, 5.74) is 3.45. The van der Waals surface area contributed by atoms with Crippen LogP contribution < -0.4 is 4.90 Å². The van der Waals surface area contributed by atoms with Gasteiger partial charge in [-0.3, -0.25) is 0 Å². The Balaban J connectivity index is 2.18. The number of carbonyl (C=O) groups is 1. The summed E-state index contributed by atoms with van der Waals surface area (Å²) < 4.78 is 0.614. The summed E-state index contributed by atoms with van der Waals surface area (Å²) in [7, 11) is 0. The molecule has 3 nitrogen and oxygen atoms in total. The third-order valence-corrected chi connectivity index (χ3v) is 4.50. The minimum absolute atomic E-state index is 0.321. The molecule has 1 unspecified atom stereocenters. The smallest absolute Gasteiger partial charge is 0.338 e. The van der Waals surface area contributed by atoms with Crippen LogP contribution in [0.5, 0.6) is 0 Å². The molecule has 0 fully saturated rings. The Morgan fingerprint density at radius 3 is 2.67 bits per heavy atom. The Morgan fingerprint density at radius 1 is 1.19 bits per heavy atom. The summed E-state index contributed by atoms with van der Waals surface area (Å²) in [5, 5.41) is 9.53. The van der Waals surface area contributed by atoms with Crippen LogP contribution in [0.2, 0.25) is 0 Å². The average molecular weight is 346 g/mol. The maximum absolute atomic E-state index is 11.6. The molecule has 3 rings (SSSR count). The van der Waals surface area contributed by atoms with Crippen molar-refractivity contribution in [2.24, 2.45) is 5.92 Å². The minimum atomic E-state index is -0.909. The number of anilines is 2. The van der Waals surface area contributed by atoms with Crippen LogP contribution in [0.25, 0.3) is 0 Å². The van der Waals surface area contributed by atoms with Crippen LogP contribution in [0.3, 0.4) is 0 Å². The fourth-order valence-electron chi connectivity index (χ4n) is 2.97. The molecule has 2 aromatic rings. The Bertz CT molecular complexity index is 699. The highest BCUT2D eigenvalue weighted by molar-refractivity contribution is 9.10. The SMILES string of the molecule is CC1Cc2ccccc2N(c2cccc(Br)c2C(=O)O)C1. The number of aromatic carboxylic acids is 1. The van der Waals surface area contributed by atoms with E-state index in [4.69, 9.17) is 0 Å². The van der Waals surface area contributed by atoms with Crippen molar-refractivity contribution >= 4 is 33.3 Å². The largest absolute Gasteiger partial charge is 0.478 e. The zero-order valence-corrected chi connectivity index (χ0v) is 13.3. The van der Waals surface area contributed by atoms with Crippen LogP contribution in [0.4, 0.5) is 11.4 Å². The van der Waals surface area contributed by atoms with Gasteiger partial charge in [-0.1, -0.05) is 31.2 Å². The van der Waals surface area contributed by atoms with Gasteiger partial charge in [0.15, 0.2) is 0 Å². The minimum Gasteiger partial charge on any atom is -0.478 e. The van der Waals surface area contributed by atoms with Crippen LogP contribution in [-0.2, 0) is 6.42 Å². The predicted octanol–water partition coefficient (Wildman–Crippen LogP) is 4.48. The first-order valence-electron chi connectivity index (χ1n) is 6.95. The molecule has 0 saturated heterocycles. The summed E-state index contributed by atoms with van der Waals surface area (Å²) in [6.45, 7) is 3.02. The van der Waals surface area contributed by atoms with Gasteiger partial charge >= 0.3 is 5.97 Å². The van der Waals surface area contributed by atoms with Crippen molar-refractivity contribution in [2.75, 3.05) is 11.4 Å². The van der Waals surface area contributed by atoms with Crippen molar-refractivity contribution in [3.63, 3.8) is 0 Å². The van der Waals surface area contributed by atoms with Crippen LogP contribution in [0, 0.1) is 5.92 Å². The first-order chi connectivity index (χ1) is 10.1. The van der Waals surface area contributed by atoms with Crippen molar-refractivity contribution < 1.29 is 9.90 Å². The van der Waals surface area contributed by atoms with Gasteiger partial charge in [-0.05, 0) is 52.0 Å². The first-order valence-corrected chi connectivity index (χ1v) is 7.74. The van der Waals surface area contributed by atoms with Gasteiger partial charge in [-0.2, -0.15) is 0 Å². The molecule has 4 heteroatoms. The first kappa shape index (κ1) is 14.1. The van der Waals surface area contributed by atoms with E-state index in [1.54, 1.807) is 6.07 Å². The number of halogens is 1. The molecule has 0 saturated carbocycles. The van der Waals surface area contributed by atoms with Crippen LogP contribution >= 0.6 is 15.9 Å². The molecule has 0 spiro atoms. The second-order valence-corrected chi connectivity index (χ2v) is 6.34. The van der Waals surface area contributed by atoms with E-state index in [-0.39, 0.29) is 0 Å². The van der Waals surface area contributed by atoms with Gasteiger partial charge in [0.1, 0.15) is 0 Å². The van der Waals surface area contributed by atoms with Gasteiger partial charge in [-0.25, -0.2) is 4.79 Å². The third-order valence-electron chi connectivity index (χ3n) is 3.84. The monoisotopic (exact) mass is 345 g/mol. The molecule has 0 aliphatic carbocycles. The van der Waals surface area contributed by atoms with Crippen molar-refractivity contribution in [1.29, 1.82) is 0 Å². The number of carboxylic acid groups (broad SMARTS) is 1. The highest BCUT2D eigenvalue weighted by Gasteiger charge is 2.26. The summed E-state index contributed by atoms with van der Waals surface area (Å²) in [6, 6.07) is 13.8. The topological polar surface area (TPSA) is 40.5 Å². The number of nitrogens with zero attached hydrogens (tertiary/aromatic N) is 1. The van der Waals surface area contributed by atoms with E-state index in [2.05, 4.69) is 39.9 Å². The number of hydrogen-bond acceptors (Lipinski definition) is 2. The molecule has 2 aromatic carbocycles. The van der Waals surface area contributed by atoms with Gasteiger partial charge < -0.3 is 10.0 Å². The number of benzene rings is 2. The Labute approximate surface area is 132 Å². The van der Waals surface area contributed by atoms with E-state index < -0.39 is 5.97 Å². The summed E-state index contributed by atoms with van der Waals surface area (Å²) in [4.78, 5) is 13.7. The normalized spacial score (nSPS) is 17.4. The second kappa shape index (κ2) is 5.53. The number of hydrogen-bond donors (Lipinski definition) is 1. The molecule has 1 heterocycles. The number of para-hydroxylation sites is 1. The second-order valence-electron chi connectivity index (χ2n) is 5.49. The predicted molar refractivity (Wildman–Crippen MR) is 87.4 cm³/mol. The standard InChI is InChI=1S/C17H16BrNO2/c1-11-9-12-5-2-3-7-14(12)19(10-11)15-8-4-6-13(18)16(15)17(20)21/h2-8,11H,9-10H2,1H3,(H,20,21).